The molecule has 1 amide bonds. The standard InChI is InChI=1S/C22H25F3N4O2/c1-3-12-31-18-10-4-15(5-11-18)21-19(26-2)13-29(28-21)14-20(30)27-17-8-6-16(7-9-17)22(23,24)25/h4-11,19,26H,3,12-14H2,1-2H3,(H,27,30). The van der Waals surface area contributed by atoms with Crippen molar-refractivity contribution in [1.82, 2.24) is 10.3 Å². The molecule has 1 aliphatic heterocycles. The summed E-state index contributed by atoms with van der Waals surface area (Å²) in [5.74, 6) is 0.431. The molecule has 1 unspecified atom stereocenters. The van der Waals surface area contributed by atoms with Crippen molar-refractivity contribution >= 4 is 17.3 Å². The van der Waals surface area contributed by atoms with Crippen molar-refractivity contribution < 1.29 is 22.7 Å². The van der Waals surface area contributed by atoms with Crippen molar-refractivity contribution in [2.24, 2.45) is 5.10 Å². The summed E-state index contributed by atoms with van der Waals surface area (Å²) in [6, 6.07) is 11.9. The molecule has 2 aromatic rings. The zero-order chi connectivity index (χ0) is 22.4. The lowest BCUT2D eigenvalue weighted by atomic mass is 10.0. The molecule has 1 aliphatic rings. The number of hydrazone groups is 1. The van der Waals surface area contributed by atoms with Crippen LogP contribution >= 0.6 is 0 Å². The van der Waals surface area contributed by atoms with E-state index in [2.05, 4.69) is 15.7 Å². The number of nitrogens with zero attached hydrogens (tertiary/aromatic N) is 2. The van der Waals surface area contributed by atoms with Crippen LogP contribution in [0, 0.1) is 0 Å². The third kappa shape index (κ3) is 5.97. The molecule has 0 saturated carbocycles. The van der Waals surface area contributed by atoms with Gasteiger partial charge in [-0.15, -0.1) is 0 Å². The van der Waals surface area contributed by atoms with Crippen molar-refractivity contribution in [3.8, 4) is 5.75 Å². The maximum Gasteiger partial charge on any atom is 0.416 e. The zero-order valence-electron chi connectivity index (χ0n) is 17.4. The third-order valence-corrected chi connectivity index (χ3v) is 4.77. The van der Waals surface area contributed by atoms with Crippen LogP contribution in [0.3, 0.4) is 0 Å². The number of alkyl halides is 3. The van der Waals surface area contributed by atoms with E-state index in [1.54, 1.807) is 5.01 Å². The van der Waals surface area contributed by atoms with Crippen LogP contribution in [0.1, 0.15) is 24.5 Å². The highest BCUT2D eigenvalue weighted by atomic mass is 19.4. The summed E-state index contributed by atoms with van der Waals surface area (Å²) in [6.07, 6.45) is -3.48. The maximum atomic E-state index is 12.7. The summed E-state index contributed by atoms with van der Waals surface area (Å²) < 4.78 is 43.6. The molecule has 0 aliphatic carbocycles. The molecular formula is C22H25F3N4O2. The molecule has 0 radical (unpaired) electrons. The second-order valence-electron chi connectivity index (χ2n) is 7.17. The number of amides is 1. The monoisotopic (exact) mass is 434 g/mol. The van der Waals surface area contributed by atoms with Gasteiger partial charge in [0.05, 0.1) is 30.5 Å². The molecule has 1 heterocycles. The van der Waals surface area contributed by atoms with Crippen LogP contribution in [-0.2, 0) is 11.0 Å². The number of benzene rings is 2. The molecule has 31 heavy (non-hydrogen) atoms. The minimum atomic E-state index is -4.41. The fraction of sp³-hybridized carbons (Fsp3) is 0.364. The average molecular weight is 434 g/mol. The molecule has 0 bridgehead atoms. The Morgan fingerprint density at radius 2 is 1.84 bits per heavy atom. The van der Waals surface area contributed by atoms with E-state index in [4.69, 9.17) is 4.74 Å². The first kappa shape index (κ1) is 22.6. The lowest BCUT2D eigenvalue weighted by Gasteiger charge is -2.15. The summed E-state index contributed by atoms with van der Waals surface area (Å²) in [7, 11) is 1.82. The number of nitrogens with one attached hydrogen (secondary N) is 2. The van der Waals surface area contributed by atoms with Gasteiger partial charge in [0.15, 0.2) is 0 Å². The van der Waals surface area contributed by atoms with E-state index in [0.717, 1.165) is 35.6 Å². The number of carbonyl (C=O) groups excluding carboxylic acids is 1. The molecule has 9 heteroatoms. The Balaban J connectivity index is 1.62. The summed E-state index contributed by atoms with van der Waals surface area (Å²) in [5.41, 5.74) is 1.28. The van der Waals surface area contributed by atoms with Crippen LogP contribution in [0.25, 0.3) is 0 Å². The Morgan fingerprint density at radius 1 is 1.16 bits per heavy atom. The Morgan fingerprint density at radius 3 is 2.42 bits per heavy atom. The number of ether oxygens (including phenoxy) is 1. The molecular weight excluding hydrogens is 409 g/mol. The Labute approximate surface area is 179 Å². The molecule has 0 fully saturated rings. The topological polar surface area (TPSA) is 66.0 Å². The fourth-order valence-electron chi connectivity index (χ4n) is 3.20. The SMILES string of the molecule is CCCOc1ccc(C2=NN(CC(=O)Nc3ccc(C(F)(F)F)cc3)CC2NC)cc1. The van der Waals surface area contributed by atoms with E-state index in [0.29, 0.717) is 18.8 Å². The predicted molar refractivity (Wildman–Crippen MR) is 113 cm³/mol. The van der Waals surface area contributed by atoms with Crippen molar-refractivity contribution in [3.63, 3.8) is 0 Å². The molecule has 0 saturated heterocycles. The van der Waals surface area contributed by atoms with Gasteiger partial charge in [-0.3, -0.25) is 9.80 Å². The van der Waals surface area contributed by atoms with Gasteiger partial charge >= 0.3 is 6.18 Å². The van der Waals surface area contributed by atoms with Gasteiger partial charge in [0, 0.05) is 5.69 Å². The lowest BCUT2D eigenvalue weighted by molar-refractivity contribution is -0.137. The van der Waals surface area contributed by atoms with E-state index in [-0.39, 0.29) is 18.5 Å². The number of likely N-dealkylation sites (N-methyl/N-ethyl adjacent to an activating group) is 1. The van der Waals surface area contributed by atoms with Crippen molar-refractivity contribution in [3.05, 3.63) is 59.7 Å². The van der Waals surface area contributed by atoms with Crippen LogP contribution < -0.4 is 15.4 Å². The number of rotatable bonds is 8. The Kier molecular flexibility index (Phi) is 7.17. The summed E-state index contributed by atoms with van der Waals surface area (Å²) in [5, 5.41) is 12.0. The number of halogens is 3. The van der Waals surface area contributed by atoms with Gasteiger partial charge in [-0.25, -0.2) is 0 Å². The van der Waals surface area contributed by atoms with Gasteiger partial charge in [-0.1, -0.05) is 6.92 Å². The van der Waals surface area contributed by atoms with Crippen LogP contribution in [0.4, 0.5) is 18.9 Å². The normalized spacial score (nSPS) is 16.2. The quantitative estimate of drug-likeness (QED) is 0.664. The second-order valence-corrected chi connectivity index (χ2v) is 7.17. The summed E-state index contributed by atoms with van der Waals surface area (Å²) in [4.78, 5) is 12.4. The molecule has 0 aromatic heterocycles. The zero-order valence-corrected chi connectivity index (χ0v) is 17.4. The minimum absolute atomic E-state index is 0.0135. The van der Waals surface area contributed by atoms with Gasteiger partial charge in [-0.05, 0) is 67.6 Å². The lowest BCUT2D eigenvalue weighted by Crippen LogP contribution is -2.38. The van der Waals surface area contributed by atoms with Crippen molar-refractivity contribution in [1.29, 1.82) is 0 Å². The van der Waals surface area contributed by atoms with Gasteiger partial charge in [0.2, 0.25) is 5.91 Å². The van der Waals surface area contributed by atoms with Crippen molar-refractivity contribution in [2.45, 2.75) is 25.6 Å². The summed E-state index contributed by atoms with van der Waals surface area (Å²) >= 11 is 0. The van der Waals surface area contributed by atoms with E-state index in [9.17, 15) is 18.0 Å². The third-order valence-electron chi connectivity index (χ3n) is 4.77. The van der Waals surface area contributed by atoms with Crippen LogP contribution in [0.5, 0.6) is 5.75 Å². The number of carbonyl (C=O) groups is 1. The highest BCUT2D eigenvalue weighted by molar-refractivity contribution is 6.05. The Bertz CT molecular complexity index is 912. The van der Waals surface area contributed by atoms with Gasteiger partial charge < -0.3 is 15.4 Å². The number of anilines is 1. The van der Waals surface area contributed by atoms with Gasteiger partial charge in [0.1, 0.15) is 12.3 Å². The molecule has 0 spiro atoms. The molecule has 3 rings (SSSR count). The van der Waals surface area contributed by atoms with Gasteiger partial charge in [0.25, 0.3) is 0 Å². The second kappa shape index (κ2) is 9.82. The minimum Gasteiger partial charge on any atom is -0.494 e. The van der Waals surface area contributed by atoms with E-state index < -0.39 is 11.7 Å². The van der Waals surface area contributed by atoms with Crippen LogP contribution in [0.15, 0.2) is 53.6 Å². The first-order valence-electron chi connectivity index (χ1n) is 10.0. The van der Waals surface area contributed by atoms with Gasteiger partial charge in [-0.2, -0.15) is 18.3 Å². The fourth-order valence-corrected chi connectivity index (χ4v) is 3.20. The van der Waals surface area contributed by atoms with E-state index >= 15 is 0 Å². The van der Waals surface area contributed by atoms with Crippen molar-refractivity contribution in [2.75, 3.05) is 32.1 Å². The largest absolute Gasteiger partial charge is 0.494 e. The van der Waals surface area contributed by atoms with Crippen LogP contribution in [-0.4, -0.2) is 49.4 Å². The molecule has 1 atom stereocenters. The van der Waals surface area contributed by atoms with E-state index in [1.807, 2.05) is 38.2 Å². The average Bonchev–Trinajstić information content (AvgIpc) is 3.15. The predicted octanol–water partition coefficient (Wildman–Crippen LogP) is 3.74. The number of hydrogen-bond donors (Lipinski definition) is 2. The number of hydrogen-bond acceptors (Lipinski definition) is 5. The molecule has 2 aromatic carbocycles. The molecule has 166 valence electrons. The summed E-state index contributed by atoms with van der Waals surface area (Å²) in [6.45, 7) is 3.18. The van der Waals surface area contributed by atoms with E-state index in [1.165, 1.54) is 12.1 Å². The highest BCUT2D eigenvalue weighted by Crippen LogP contribution is 2.29. The maximum absolute atomic E-state index is 12.7. The van der Waals surface area contributed by atoms with Crippen LogP contribution in [0.2, 0.25) is 0 Å². The molecule has 2 N–H and O–H groups in total. The highest BCUT2D eigenvalue weighted by Gasteiger charge is 2.30. The molecule has 6 nitrogen and oxygen atoms in total. The first-order valence-corrected chi connectivity index (χ1v) is 10.0. The smallest absolute Gasteiger partial charge is 0.416 e. The Hall–Kier alpha value is -3.07. The first-order chi connectivity index (χ1) is 14.8.